The molecule has 0 aromatic carbocycles. The van der Waals surface area contributed by atoms with Crippen LogP contribution in [0, 0.1) is 0 Å². The molecule has 2 unspecified atom stereocenters. The molecule has 5 nitrogen and oxygen atoms in total. The second-order valence-corrected chi connectivity index (χ2v) is 8.17. The van der Waals surface area contributed by atoms with Crippen molar-refractivity contribution in [2.75, 3.05) is 18.1 Å². The summed E-state index contributed by atoms with van der Waals surface area (Å²) >= 11 is 5.46. The lowest BCUT2D eigenvalue weighted by Crippen LogP contribution is -2.16. The van der Waals surface area contributed by atoms with Gasteiger partial charge in [-0.05, 0) is 6.54 Å². The third-order valence-corrected chi connectivity index (χ3v) is 7.01. The highest BCUT2D eigenvalue weighted by Gasteiger charge is 2.28. The van der Waals surface area contributed by atoms with E-state index in [1.165, 1.54) is 5.75 Å². The van der Waals surface area contributed by atoms with Crippen LogP contribution in [0.1, 0.15) is 23.0 Å². The molecule has 3 heterocycles. The Kier molecular flexibility index (Phi) is 4.65. The van der Waals surface area contributed by atoms with E-state index in [1.54, 1.807) is 11.3 Å². The van der Waals surface area contributed by atoms with Crippen LogP contribution in [0.4, 0.5) is 0 Å². The highest BCUT2D eigenvalue weighted by Crippen LogP contribution is 2.41. The zero-order chi connectivity index (χ0) is 13.9. The lowest BCUT2D eigenvalue weighted by atomic mass is 10.3. The predicted molar refractivity (Wildman–Crippen MR) is 85.3 cm³/mol. The van der Waals surface area contributed by atoms with Gasteiger partial charge in [0.2, 0.25) is 0 Å². The number of rotatable bonds is 4. The second kappa shape index (κ2) is 6.46. The van der Waals surface area contributed by atoms with E-state index in [9.17, 15) is 0 Å². The molecule has 0 amide bonds. The Balaban J connectivity index is 1.78. The largest absolute Gasteiger partial charge is 0.332 e. The second-order valence-electron chi connectivity index (χ2n) is 4.49. The van der Waals surface area contributed by atoms with Crippen molar-refractivity contribution in [2.45, 2.75) is 23.8 Å². The highest BCUT2D eigenvalue weighted by molar-refractivity contribution is 8.06. The molecule has 1 saturated heterocycles. The Bertz CT molecular complexity index is 571. The van der Waals surface area contributed by atoms with Gasteiger partial charge in [-0.15, -0.1) is 23.1 Å². The van der Waals surface area contributed by atoms with E-state index in [4.69, 9.17) is 10.3 Å². The molecule has 0 saturated carbocycles. The van der Waals surface area contributed by atoms with Crippen molar-refractivity contribution in [3.8, 4) is 11.6 Å². The maximum atomic E-state index is 5.54. The molecule has 8 heteroatoms. The molecule has 1 aliphatic rings. The molecule has 2 aromatic rings. The van der Waals surface area contributed by atoms with E-state index in [2.05, 4.69) is 22.0 Å². The molecule has 2 aromatic heterocycles. The molecule has 1 aliphatic heterocycles. The number of hydrogen-bond donors (Lipinski definition) is 1. The molecule has 0 radical (unpaired) electrons. The SMILES string of the molecule is CC1SCCSC1c1noc(-c2csc(CCN)n2)n1. The fourth-order valence-corrected chi connectivity index (χ4v) is 5.49. The fraction of sp³-hybridized carbons (Fsp3) is 0.583. The van der Waals surface area contributed by atoms with Gasteiger partial charge in [0.05, 0.1) is 10.3 Å². The Labute approximate surface area is 130 Å². The van der Waals surface area contributed by atoms with Crippen LogP contribution < -0.4 is 5.73 Å². The number of hydrogen-bond acceptors (Lipinski definition) is 8. The van der Waals surface area contributed by atoms with Crippen molar-refractivity contribution in [1.29, 1.82) is 0 Å². The third kappa shape index (κ3) is 3.03. The molecule has 2 N–H and O–H groups in total. The van der Waals surface area contributed by atoms with Gasteiger partial charge in [0.15, 0.2) is 5.82 Å². The quantitative estimate of drug-likeness (QED) is 0.924. The predicted octanol–water partition coefficient (Wildman–Crippen LogP) is 2.60. The fourth-order valence-electron chi connectivity index (χ4n) is 2.02. The van der Waals surface area contributed by atoms with Gasteiger partial charge in [-0.1, -0.05) is 12.1 Å². The van der Waals surface area contributed by atoms with Crippen molar-refractivity contribution in [2.24, 2.45) is 5.73 Å². The van der Waals surface area contributed by atoms with Crippen LogP contribution in [0.3, 0.4) is 0 Å². The maximum Gasteiger partial charge on any atom is 0.277 e. The number of aromatic nitrogens is 3. The van der Waals surface area contributed by atoms with Crippen LogP contribution in [0.15, 0.2) is 9.90 Å². The van der Waals surface area contributed by atoms with E-state index >= 15 is 0 Å². The lowest BCUT2D eigenvalue weighted by molar-refractivity contribution is 0.420. The van der Waals surface area contributed by atoms with Crippen molar-refractivity contribution in [3.05, 3.63) is 16.2 Å². The summed E-state index contributed by atoms with van der Waals surface area (Å²) < 4.78 is 5.37. The van der Waals surface area contributed by atoms with Gasteiger partial charge in [-0.25, -0.2) is 4.98 Å². The minimum Gasteiger partial charge on any atom is -0.332 e. The third-order valence-electron chi connectivity index (χ3n) is 3.01. The zero-order valence-electron chi connectivity index (χ0n) is 11.1. The van der Waals surface area contributed by atoms with Crippen LogP contribution in [0.2, 0.25) is 0 Å². The van der Waals surface area contributed by atoms with Gasteiger partial charge < -0.3 is 10.3 Å². The molecule has 20 heavy (non-hydrogen) atoms. The Morgan fingerprint density at radius 3 is 3.00 bits per heavy atom. The first-order chi connectivity index (χ1) is 9.78. The first-order valence-electron chi connectivity index (χ1n) is 6.49. The molecule has 2 atom stereocenters. The molecule has 0 spiro atoms. The van der Waals surface area contributed by atoms with Crippen LogP contribution in [0.5, 0.6) is 0 Å². The number of nitrogens with two attached hydrogens (primary N) is 1. The monoisotopic (exact) mass is 328 g/mol. The molecular weight excluding hydrogens is 312 g/mol. The normalized spacial score (nSPS) is 23.1. The first kappa shape index (κ1) is 14.4. The molecule has 1 fully saturated rings. The summed E-state index contributed by atoms with van der Waals surface area (Å²) in [5.74, 6) is 3.64. The maximum absolute atomic E-state index is 5.54. The van der Waals surface area contributed by atoms with Gasteiger partial charge in [0.1, 0.15) is 5.69 Å². The molecule has 3 rings (SSSR count). The van der Waals surface area contributed by atoms with Gasteiger partial charge in [0.25, 0.3) is 5.89 Å². The average molecular weight is 328 g/mol. The molecule has 0 aliphatic carbocycles. The highest BCUT2D eigenvalue weighted by atomic mass is 32.2. The summed E-state index contributed by atoms with van der Waals surface area (Å²) in [5, 5.41) is 7.94. The summed E-state index contributed by atoms with van der Waals surface area (Å²) in [6, 6.07) is 0. The van der Waals surface area contributed by atoms with E-state index < -0.39 is 0 Å². The standard InChI is InChI=1S/C12H16N4OS3/c1-7-10(19-5-4-18-7)11-15-12(17-16-11)8-6-20-9(14-8)2-3-13/h6-7,10H,2-5,13H2,1H3. The molecule has 108 valence electrons. The summed E-state index contributed by atoms with van der Waals surface area (Å²) in [6.07, 6.45) is 0.789. The average Bonchev–Trinajstić information content (AvgIpc) is 3.08. The van der Waals surface area contributed by atoms with Gasteiger partial charge >= 0.3 is 0 Å². The minimum absolute atomic E-state index is 0.313. The zero-order valence-corrected chi connectivity index (χ0v) is 13.6. The topological polar surface area (TPSA) is 77.8 Å². The number of thiazole rings is 1. The summed E-state index contributed by atoms with van der Waals surface area (Å²) in [7, 11) is 0. The van der Waals surface area contributed by atoms with Crippen LogP contribution in [-0.2, 0) is 6.42 Å². The van der Waals surface area contributed by atoms with Crippen molar-refractivity contribution in [3.63, 3.8) is 0 Å². The van der Waals surface area contributed by atoms with Gasteiger partial charge in [0, 0.05) is 28.6 Å². The molecular formula is C12H16N4OS3. The van der Waals surface area contributed by atoms with Crippen molar-refractivity contribution in [1.82, 2.24) is 15.1 Å². The summed E-state index contributed by atoms with van der Waals surface area (Å²) in [6.45, 7) is 2.83. The van der Waals surface area contributed by atoms with Gasteiger partial charge in [-0.2, -0.15) is 16.7 Å². The van der Waals surface area contributed by atoms with Crippen LogP contribution in [0.25, 0.3) is 11.6 Å². The lowest BCUT2D eigenvalue weighted by Gasteiger charge is -2.24. The van der Waals surface area contributed by atoms with E-state index in [1.807, 2.05) is 28.9 Å². The minimum atomic E-state index is 0.313. The Hall–Kier alpha value is -0.570. The Morgan fingerprint density at radius 2 is 2.20 bits per heavy atom. The molecule has 0 bridgehead atoms. The van der Waals surface area contributed by atoms with Gasteiger partial charge in [-0.3, -0.25) is 0 Å². The Morgan fingerprint density at radius 1 is 1.35 bits per heavy atom. The summed E-state index contributed by atoms with van der Waals surface area (Å²) in [4.78, 5) is 9.01. The smallest absolute Gasteiger partial charge is 0.277 e. The van der Waals surface area contributed by atoms with E-state index in [0.29, 0.717) is 22.9 Å². The first-order valence-corrected chi connectivity index (χ1v) is 9.47. The van der Waals surface area contributed by atoms with Crippen LogP contribution in [-0.4, -0.2) is 38.4 Å². The van der Waals surface area contributed by atoms with E-state index in [-0.39, 0.29) is 0 Å². The summed E-state index contributed by atoms with van der Waals surface area (Å²) in [5.41, 5.74) is 6.30. The number of thioether (sulfide) groups is 2. The van der Waals surface area contributed by atoms with E-state index in [0.717, 1.165) is 28.7 Å². The number of nitrogens with zero attached hydrogens (tertiary/aromatic N) is 3. The van der Waals surface area contributed by atoms with Crippen molar-refractivity contribution < 1.29 is 4.52 Å². The van der Waals surface area contributed by atoms with Crippen molar-refractivity contribution >= 4 is 34.9 Å². The van der Waals surface area contributed by atoms with Crippen LogP contribution >= 0.6 is 34.9 Å².